The third kappa shape index (κ3) is 2.77. The second-order valence-corrected chi connectivity index (χ2v) is 5.89. The normalized spacial score (nSPS) is 21.5. The van der Waals surface area contributed by atoms with E-state index < -0.39 is 10.0 Å². The summed E-state index contributed by atoms with van der Waals surface area (Å²) in [6.07, 6.45) is 1.95. The zero-order valence-corrected chi connectivity index (χ0v) is 10.4. The Labute approximate surface area is 101 Å². The van der Waals surface area contributed by atoms with Crippen LogP contribution in [0.15, 0.2) is 29.2 Å². The van der Waals surface area contributed by atoms with Gasteiger partial charge in [-0.25, -0.2) is 13.6 Å². The Morgan fingerprint density at radius 2 is 2.00 bits per heavy atom. The number of primary sulfonamides is 1. The van der Waals surface area contributed by atoms with Crippen LogP contribution in [0.5, 0.6) is 0 Å². The molecule has 1 aromatic carbocycles. The van der Waals surface area contributed by atoms with Crippen molar-refractivity contribution in [3.05, 3.63) is 24.3 Å². The van der Waals surface area contributed by atoms with Gasteiger partial charge in [0, 0.05) is 19.1 Å². The van der Waals surface area contributed by atoms with E-state index in [0.717, 1.165) is 19.4 Å². The molecule has 5 nitrogen and oxygen atoms in total. The quantitative estimate of drug-likeness (QED) is 0.793. The van der Waals surface area contributed by atoms with Crippen molar-refractivity contribution in [2.24, 2.45) is 10.9 Å². The maximum absolute atomic E-state index is 11.5. The second kappa shape index (κ2) is 4.64. The monoisotopic (exact) mass is 255 g/mol. The summed E-state index contributed by atoms with van der Waals surface area (Å²) >= 11 is 0. The highest BCUT2D eigenvalue weighted by molar-refractivity contribution is 7.89. The first-order chi connectivity index (χ1) is 7.98. The highest BCUT2D eigenvalue weighted by atomic mass is 32.2. The summed E-state index contributed by atoms with van der Waals surface area (Å²) in [4.78, 5) is 2.17. The van der Waals surface area contributed by atoms with Crippen LogP contribution in [0.2, 0.25) is 0 Å². The fraction of sp³-hybridized carbons (Fsp3) is 0.455. The smallest absolute Gasteiger partial charge is 0.240 e. The molecule has 1 aliphatic rings. The zero-order chi connectivity index (χ0) is 12.5. The van der Waals surface area contributed by atoms with Crippen LogP contribution in [0.3, 0.4) is 0 Å². The van der Waals surface area contributed by atoms with Gasteiger partial charge < -0.3 is 10.6 Å². The van der Waals surface area contributed by atoms with Crippen LogP contribution in [0.1, 0.15) is 12.8 Å². The number of piperidine rings is 1. The van der Waals surface area contributed by atoms with Crippen LogP contribution in [0.4, 0.5) is 5.69 Å². The molecule has 6 heteroatoms. The Morgan fingerprint density at radius 3 is 2.65 bits per heavy atom. The Morgan fingerprint density at radius 1 is 1.29 bits per heavy atom. The molecule has 0 saturated carbocycles. The van der Waals surface area contributed by atoms with Crippen molar-refractivity contribution in [3.63, 3.8) is 0 Å². The van der Waals surface area contributed by atoms with E-state index in [2.05, 4.69) is 0 Å². The third-order valence-electron chi connectivity index (χ3n) is 2.97. The Balaban J connectivity index is 2.38. The predicted molar refractivity (Wildman–Crippen MR) is 67.2 cm³/mol. The molecule has 0 spiro atoms. The molecule has 1 atom stereocenters. The topological polar surface area (TPSA) is 89.4 Å². The summed E-state index contributed by atoms with van der Waals surface area (Å²) in [6.45, 7) is 1.49. The summed E-state index contributed by atoms with van der Waals surface area (Å²) in [5, 5.41) is 5.21. The lowest BCUT2D eigenvalue weighted by atomic mass is 10.1. The molecule has 1 fully saturated rings. The van der Waals surface area contributed by atoms with Gasteiger partial charge >= 0.3 is 0 Å². The predicted octanol–water partition coefficient (Wildman–Crippen LogP) is 0.262. The van der Waals surface area contributed by atoms with Crippen molar-refractivity contribution >= 4 is 15.7 Å². The minimum atomic E-state index is -3.68. The van der Waals surface area contributed by atoms with Crippen LogP contribution >= 0.6 is 0 Å². The maximum Gasteiger partial charge on any atom is 0.240 e. The molecule has 4 N–H and O–H groups in total. The van der Waals surface area contributed by atoms with Gasteiger partial charge in [-0.2, -0.15) is 0 Å². The number of rotatable bonds is 2. The van der Waals surface area contributed by atoms with E-state index in [-0.39, 0.29) is 10.9 Å². The molecule has 0 amide bonds. The average Bonchev–Trinajstić information content (AvgIpc) is 2.28. The minimum Gasteiger partial charge on any atom is -0.369 e. The van der Waals surface area contributed by atoms with Crippen LogP contribution in [-0.2, 0) is 10.0 Å². The van der Waals surface area contributed by atoms with Crippen molar-refractivity contribution in [1.82, 2.24) is 0 Å². The standard InChI is InChI=1S/C11H17N3O2S/c12-9-4-3-7-14(8-9)10-5-1-2-6-11(10)17(13,15)16/h1-2,5-6,9H,3-4,7-8,12H2,(H2,13,15,16)/t9-/m1/s1. The van der Waals surface area contributed by atoms with Crippen LogP contribution in [-0.4, -0.2) is 27.5 Å². The van der Waals surface area contributed by atoms with Gasteiger partial charge in [0.2, 0.25) is 10.0 Å². The Hall–Kier alpha value is -1.11. The number of nitrogens with two attached hydrogens (primary N) is 2. The van der Waals surface area contributed by atoms with E-state index in [1.165, 1.54) is 6.07 Å². The molecule has 17 heavy (non-hydrogen) atoms. The Bertz CT molecular complexity index is 501. The van der Waals surface area contributed by atoms with Crippen LogP contribution in [0.25, 0.3) is 0 Å². The summed E-state index contributed by atoms with van der Waals surface area (Å²) in [6, 6.07) is 6.89. The van der Waals surface area contributed by atoms with Crippen LogP contribution in [0, 0.1) is 0 Å². The van der Waals surface area contributed by atoms with E-state index in [1.807, 2.05) is 11.0 Å². The van der Waals surface area contributed by atoms with Crippen molar-refractivity contribution in [2.75, 3.05) is 18.0 Å². The molecule has 1 aromatic rings. The van der Waals surface area contributed by atoms with Gasteiger partial charge in [-0.15, -0.1) is 0 Å². The van der Waals surface area contributed by atoms with Gasteiger partial charge in [0.1, 0.15) is 4.90 Å². The number of hydrogen-bond donors (Lipinski definition) is 2. The van der Waals surface area contributed by atoms with Gasteiger partial charge in [-0.05, 0) is 25.0 Å². The van der Waals surface area contributed by atoms with E-state index in [1.54, 1.807) is 12.1 Å². The van der Waals surface area contributed by atoms with Crippen molar-refractivity contribution in [3.8, 4) is 0 Å². The lowest BCUT2D eigenvalue weighted by Crippen LogP contribution is -2.43. The van der Waals surface area contributed by atoms with Crippen molar-refractivity contribution in [2.45, 2.75) is 23.8 Å². The third-order valence-corrected chi connectivity index (χ3v) is 3.93. The molecule has 1 heterocycles. The molecule has 0 aliphatic carbocycles. The van der Waals surface area contributed by atoms with Gasteiger partial charge in [0.05, 0.1) is 5.69 Å². The fourth-order valence-corrected chi connectivity index (χ4v) is 2.94. The highest BCUT2D eigenvalue weighted by Crippen LogP contribution is 2.26. The van der Waals surface area contributed by atoms with Gasteiger partial charge in [0.25, 0.3) is 0 Å². The molecule has 0 bridgehead atoms. The minimum absolute atomic E-state index is 0.0947. The summed E-state index contributed by atoms with van der Waals surface area (Å²) in [5.74, 6) is 0. The number of hydrogen-bond acceptors (Lipinski definition) is 4. The van der Waals surface area contributed by atoms with E-state index >= 15 is 0 Å². The average molecular weight is 255 g/mol. The summed E-state index contributed by atoms with van der Waals surface area (Å²) in [7, 11) is -3.68. The molecule has 1 saturated heterocycles. The highest BCUT2D eigenvalue weighted by Gasteiger charge is 2.22. The molecule has 0 unspecified atom stereocenters. The van der Waals surface area contributed by atoms with Crippen molar-refractivity contribution in [1.29, 1.82) is 0 Å². The fourth-order valence-electron chi connectivity index (χ4n) is 2.19. The lowest BCUT2D eigenvalue weighted by molar-refractivity contribution is 0.503. The van der Waals surface area contributed by atoms with Gasteiger partial charge in [0.15, 0.2) is 0 Å². The number of sulfonamides is 1. The van der Waals surface area contributed by atoms with E-state index in [9.17, 15) is 8.42 Å². The summed E-state index contributed by atoms with van der Waals surface area (Å²) < 4.78 is 23.0. The number of anilines is 1. The first-order valence-corrected chi connectivity index (χ1v) is 7.15. The van der Waals surface area contributed by atoms with E-state index in [0.29, 0.717) is 12.2 Å². The molecular formula is C11H17N3O2S. The largest absolute Gasteiger partial charge is 0.369 e. The summed E-state index contributed by atoms with van der Waals surface area (Å²) in [5.41, 5.74) is 6.56. The molecule has 0 aromatic heterocycles. The Kier molecular flexibility index (Phi) is 3.37. The number of para-hydroxylation sites is 1. The SMILES string of the molecule is N[C@@H]1CCCN(c2ccccc2S(N)(=O)=O)C1. The second-order valence-electron chi connectivity index (χ2n) is 4.36. The molecule has 2 rings (SSSR count). The maximum atomic E-state index is 11.5. The van der Waals surface area contributed by atoms with Crippen molar-refractivity contribution < 1.29 is 8.42 Å². The molecule has 0 radical (unpaired) electrons. The molecular weight excluding hydrogens is 238 g/mol. The lowest BCUT2D eigenvalue weighted by Gasteiger charge is -2.33. The first-order valence-electron chi connectivity index (χ1n) is 5.61. The number of nitrogens with zero attached hydrogens (tertiary/aromatic N) is 1. The molecule has 94 valence electrons. The van der Waals surface area contributed by atoms with E-state index in [4.69, 9.17) is 10.9 Å². The van der Waals surface area contributed by atoms with Gasteiger partial charge in [-0.3, -0.25) is 0 Å². The first kappa shape index (κ1) is 12.3. The number of benzene rings is 1. The van der Waals surface area contributed by atoms with Gasteiger partial charge in [-0.1, -0.05) is 12.1 Å². The zero-order valence-electron chi connectivity index (χ0n) is 9.54. The van der Waals surface area contributed by atoms with Crippen LogP contribution < -0.4 is 15.8 Å². The molecule has 1 aliphatic heterocycles.